The van der Waals surface area contributed by atoms with Crippen molar-refractivity contribution in [3.05, 3.63) is 47.5 Å². The molecule has 0 unspecified atom stereocenters. The number of nitrogens with one attached hydrogen (secondary N) is 1. The van der Waals surface area contributed by atoms with E-state index < -0.39 is 9.84 Å². The van der Waals surface area contributed by atoms with Crippen LogP contribution in [0.5, 0.6) is 0 Å². The molecule has 5 nitrogen and oxygen atoms in total. The van der Waals surface area contributed by atoms with E-state index in [1.807, 2.05) is 6.92 Å². The second-order valence-electron chi connectivity index (χ2n) is 4.51. The Kier molecular flexibility index (Phi) is 4.24. The summed E-state index contributed by atoms with van der Waals surface area (Å²) in [4.78, 5) is 17.3. The summed E-state index contributed by atoms with van der Waals surface area (Å²) in [5.41, 5.74) is 0.816. The Balaban J connectivity index is 2.14. The third kappa shape index (κ3) is 3.77. The highest BCUT2D eigenvalue weighted by Gasteiger charge is 2.13. The molecule has 1 aromatic heterocycles. The van der Waals surface area contributed by atoms with Gasteiger partial charge in [0.05, 0.1) is 4.90 Å². The second kappa shape index (κ2) is 5.79. The molecule has 0 saturated heterocycles. The molecule has 0 spiro atoms. The minimum Gasteiger partial charge on any atom is -0.298 e. The molecule has 21 heavy (non-hydrogen) atoms. The third-order valence-electron chi connectivity index (χ3n) is 2.75. The van der Waals surface area contributed by atoms with Crippen LogP contribution in [-0.4, -0.2) is 25.6 Å². The van der Waals surface area contributed by atoms with Crippen LogP contribution in [0.3, 0.4) is 0 Å². The molecule has 0 radical (unpaired) electrons. The highest BCUT2D eigenvalue weighted by atomic mass is 32.2. The first-order chi connectivity index (χ1) is 9.77. The van der Waals surface area contributed by atoms with Crippen LogP contribution in [0.1, 0.15) is 10.4 Å². The van der Waals surface area contributed by atoms with Crippen molar-refractivity contribution in [1.82, 2.24) is 4.98 Å². The largest absolute Gasteiger partial charge is 0.298 e. The zero-order valence-corrected chi connectivity index (χ0v) is 13.2. The van der Waals surface area contributed by atoms with E-state index in [1.54, 1.807) is 18.3 Å². The van der Waals surface area contributed by atoms with Gasteiger partial charge in [0.15, 0.2) is 15.0 Å². The maximum atomic E-state index is 12.0. The molecule has 0 atom stereocenters. The molecule has 0 saturated carbocycles. The number of anilines is 1. The lowest BCUT2D eigenvalue weighted by Crippen LogP contribution is -2.12. The van der Waals surface area contributed by atoms with Gasteiger partial charge in [-0.3, -0.25) is 10.1 Å². The van der Waals surface area contributed by atoms with Crippen molar-refractivity contribution in [2.24, 2.45) is 0 Å². The molecule has 0 aliphatic carbocycles. The number of sulfone groups is 1. The number of benzene rings is 1. The fourth-order valence-electron chi connectivity index (χ4n) is 1.62. The van der Waals surface area contributed by atoms with E-state index in [0.29, 0.717) is 10.7 Å². The van der Waals surface area contributed by atoms with Crippen LogP contribution in [0.25, 0.3) is 5.57 Å². The fourth-order valence-corrected chi connectivity index (χ4v) is 2.91. The maximum Gasteiger partial charge on any atom is 0.257 e. The molecular formula is C14H14N2O3S2. The van der Waals surface area contributed by atoms with Gasteiger partial charge in [0.25, 0.3) is 5.91 Å². The van der Waals surface area contributed by atoms with Gasteiger partial charge in [-0.15, -0.1) is 11.3 Å². The van der Waals surface area contributed by atoms with E-state index in [0.717, 1.165) is 11.1 Å². The van der Waals surface area contributed by atoms with Crippen molar-refractivity contribution in [1.29, 1.82) is 0 Å². The Morgan fingerprint density at radius 1 is 1.29 bits per heavy atom. The summed E-state index contributed by atoms with van der Waals surface area (Å²) in [5.74, 6) is -0.364. The van der Waals surface area contributed by atoms with Crippen molar-refractivity contribution in [2.45, 2.75) is 11.8 Å². The average Bonchev–Trinajstić information content (AvgIpc) is 2.82. The highest BCUT2D eigenvalue weighted by Crippen LogP contribution is 2.20. The highest BCUT2D eigenvalue weighted by molar-refractivity contribution is 7.90. The Hall–Kier alpha value is -1.99. The van der Waals surface area contributed by atoms with Gasteiger partial charge in [0.1, 0.15) is 0 Å². The van der Waals surface area contributed by atoms with Gasteiger partial charge in [-0.1, -0.05) is 18.7 Å². The van der Waals surface area contributed by atoms with Crippen molar-refractivity contribution < 1.29 is 13.2 Å². The number of amides is 1. The first kappa shape index (κ1) is 15.4. The van der Waals surface area contributed by atoms with E-state index in [2.05, 4.69) is 16.9 Å². The van der Waals surface area contributed by atoms with Crippen molar-refractivity contribution in [3.63, 3.8) is 0 Å². The number of carbonyl (C=O) groups is 1. The van der Waals surface area contributed by atoms with E-state index in [9.17, 15) is 13.2 Å². The number of thiazole rings is 1. The SMILES string of the molecule is C=C(C(=O)Nc1ncc(C)s1)c1ccc(S(C)(=O)=O)cc1. The summed E-state index contributed by atoms with van der Waals surface area (Å²) < 4.78 is 22.8. The Morgan fingerprint density at radius 3 is 2.38 bits per heavy atom. The fraction of sp³-hybridized carbons (Fsp3) is 0.143. The maximum absolute atomic E-state index is 12.0. The molecule has 1 N–H and O–H groups in total. The monoisotopic (exact) mass is 322 g/mol. The predicted molar refractivity (Wildman–Crippen MR) is 84.1 cm³/mol. The van der Waals surface area contributed by atoms with Crippen LogP contribution in [0.2, 0.25) is 0 Å². The Labute approximate surface area is 127 Å². The number of hydrogen-bond acceptors (Lipinski definition) is 5. The van der Waals surface area contributed by atoms with Gasteiger partial charge >= 0.3 is 0 Å². The Morgan fingerprint density at radius 2 is 1.90 bits per heavy atom. The minimum atomic E-state index is -3.25. The summed E-state index contributed by atoms with van der Waals surface area (Å²) in [5, 5.41) is 3.16. The van der Waals surface area contributed by atoms with Crippen LogP contribution in [0.15, 0.2) is 41.9 Å². The normalized spacial score (nSPS) is 11.1. The topological polar surface area (TPSA) is 76.1 Å². The number of nitrogens with zero attached hydrogens (tertiary/aromatic N) is 1. The molecule has 0 fully saturated rings. The summed E-state index contributed by atoms with van der Waals surface area (Å²) in [6.45, 7) is 5.63. The molecule has 7 heteroatoms. The number of aryl methyl sites for hydroxylation is 1. The van der Waals surface area contributed by atoms with Crippen LogP contribution < -0.4 is 5.32 Å². The average molecular weight is 322 g/mol. The number of carbonyl (C=O) groups excluding carboxylic acids is 1. The molecule has 0 bridgehead atoms. The third-order valence-corrected chi connectivity index (χ3v) is 4.70. The van der Waals surface area contributed by atoms with Crippen LogP contribution in [-0.2, 0) is 14.6 Å². The molecule has 1 aromatic carbocycles. The number of rotatable bonds is 4. The lowest BCUT2D eigenvalue weighted by Gasteiger charge is -2.06. The predicted octanol–water partition coefficient (Wildman–Crippen LogP) is 2.51. The van der Waals surface area contributed by atoms with Crippen LogP contribution in [0.4, 0.5) is 5.13 Å². The smallest absolute Gasteiger partial charge is 0.257 e. The van der Waals surface area contributed by atoms with Crippen molar-refractivity contribution >= 4 is 37.8 Å². The van der Waals surface area contributed by atoms with E-state index in [4.69, 9.17) is 0 Å². The molecule has 1 heterocycles. The minimum absolute atomic E-state index is 0.204. The lowest BCUT2D eigenvalue weighted by atomic mass is 10.1. The van der Waals surface area contributed by atoms with Gasteiger partial charge in [-0.25, -0.2) is 13.4 Å². The number of hydrogen-bond donors (Lipinski definition) is 1. The quantitative estimate of drug-likeness (QED) is 0.878. The second-order valence-corrected chi connectivity index (χ2v) is 7.76. The molecule has 110 valence electrons. The zero-order valence-electron chi connectivity index (χ0n) is 11.6. The summed E-state index contributed by atoms with van der Waals surface area (Å²) in [6.07, 6.45) is 2.80. The van der Waals surface area contributed by atoms with Crippen LogP contribution >= 0.6 is 11.3 Å². The standard InChI is InChI=1S/C14H14N2O3S2/c1-9-8-15-14(20-9)16-13(17)10(2)11-4-6-12(7-5-11)21(3,18)19/h4-8H,2H2,1,3H3,(H,15,16,17). The first-order valence-corrected chi connectivity index (χ1v) is 8.71. The molecule has 1 amide bonds. The molecule has 0 aliphatic heterocycles. The summed E-state index contributed by atoms with van der Waals surface area (Å²) >= 11 is 1.37. The zero-order chi connectivity index (χ0) is 15.6. The molecular weight excluding hydrogens is 308 g/mol. The van der Waals surface area contributed by atoms with Gasteiger partial charge in [0, 0.05) is 22.9 Å². The van der Waals surface area contributed by atoms with Crippen molar-refractivity contribution in [2.75, 3.05) is 11.6 Å². The van der Waals surface area contributed by atoms with E-state index in [1.165, 1.54) is 23.5 Å². The van der Waals surface area contributed by atoms with E-state index in [-0.39, 0.29) is 16.4 Å². The summed E-state index contributed by atoms with van der Waals surface area (Å²) in [7, 11) is -3.25. The Bertz CT molecular complexity index is 790. The molecule has 0 aliphatic rings. The van der Waals surface area contributed by atoms with Gasteiger partial charge in [-0.05, 0) is 24.6 Å². The van der Waals surface area contributed by atoms with Crippen molar-refractivity contribution in [3.8, 4) is 0 Å². The summed E-state index contributed by atoms with van der Waals surface area (Å²) in [6, 6.07) is 6.03. The first-order valence-electron chi connectivity index (χ1n) is 6.00. The van der Waals surface area contributed by atoms with Crippen LogP contribution in [0, 0.1) is 6.92 Å². The molecule has 2 aromatic rings. The lowest BCUT2D eigenvalue weighted by molar-refractivity contribution is -0.111. The molecule has 2 rings (SSSR count). The van der Waals surface area contributed by atoms with Gasteiger partial charge in [0.2, 0.25) is 0 Å². The van der Waals surface area contributed by atoms with Gasteiger partial charge in [-0.2, -0.15) is 0 Å². The van der Waals surface area contributed by atoms with E-state index >= 15 is 0 Å². The van der Waals surface area contributed by atoms with Gasteiger partial charge < -0.3 is 0 Å². The number of aromatic nitrogens is 1.